The Morgan fingerprint density at radius 2 is 2.17 bits per heavy atom. The molecule has 2 aliphatic rings. The molecule has 0 radical (unpaired) electrons. The Kier molecular flexibility index (Phi) is 4.63. The summed E-state index contributed by atoms with van der Waals surface area (Å²) < 4.78 is 11.0. The minimum absolute atomic E-state index is 0. The number of hydrogen-bond donors (Lipinski definition) is 2. The van der Waals surface area contributed by atoms with Gasteiger partial charge in [-0.25, -0.2) is 0 Å². The predicted octanol–water partition coefficient (Wildman–Crippen LogP) is 0.726. The van der Waals surface area contributed by atoms with Crippen molar-refractivity contribution in [3.8, 4) is 11.5 Å². The summed E-state index contributed by atoms with van der Waals surface area (Å²) in [6, 6.07) is 2.52. The Morgan fingerprint density at radius 1 is 1.33 bits per heavy atom. The maximum absolute atomic E-state index is 5.53. The van der Waals surface area contributed by atoms with E-state index in [0.29, 0.717) is 19.3 Å². The highest BCUT2D eigenvalue weighted by molar-refractivity contribution is 5.85. The molecule has 1 saturated heterocycles. The first-order valence-corrected chi connectivity index (χ1v) is 6.10. The smallest absolute Gasteiger partial charge is 0.179 e. The van der Waals surface area contributed by atoms with Gasteiger partial charge < -0.3 is 20.1 Å². The number of aromatic nitrogens is 1. The van der Waals surface area contributed by atoms with Crippen molar-refractivity contribution in [2.45, 2.75) is 19.0 Å². The first-order valence-electron chi connectivity index (χ1n) is 6.10. The van der Waals surface area contributed by atoms with Gasteiger partial charge in [0.2, 0.25) is 0 Å². The average molecular weight is 272 g/mol. The van der Waals surface area contributed by atoms with Crippen LogP contribution in [0.3, 0.4) is 0 Å². The summed E-state index contributed by atoms with van der Waals surface area (Å²) in [5.41, 5.74) is 1.00. The number of rotatable bonds is 3. The first kappa shape index (κ1) is 13.4. The summed E-state index contributed by atoms with van der Waals surface area (Å²) >= 11 is 0. The zero-order valence-corrected chi connectivity index (χ0v) is 11.0. The normalized spacial score (nSPS) is 21.4. The van der Waals surface area contributed by atoms with Gasteiger partial charge in [0.1, 0.15) is 13.2 Å². The van der Waals surface area contributed by atoms with Crippen LogP contribution < -0.4 is 20.1 Å². The lowest BCUT2D eigenvalue weighted by molar-refractivity contribution is 0.170. The monoisotopic (exact) mass is 271 g/mol. The van der Waals surface area contributed by atoms with Gasteiger partial charge in [0.05, 0.1) is 11.9 Å². The maximum Gasteiger partial charge on any atom is 0.179 e. The van der Waals surface area contributed by atoms with E-state index in [1.54, 1.807) is 6.20 Å². The highest BCUT2D eigenvalue weighted by atomic mass is 35.5. The fourth-order valence-electron chi connectivity index (χ4n) is 2.16. The first-order chi connectivity index (χ1) is 8.42. The van der Waals surface area contributed by atoms with Crippen molar-refractivity contribution in [2.24, 2.45) is 0 Å². The molecule has 3 heterocycles. The Morgan fingerprint density at radius 3 is 2.94 bits per heavy atom. The third-order valence-corrected chi connectivity index (χ3v) is 3.12. The molecule has 3 rings (SSSR count). The van der Waals surface area contributed by atoms with Crippen molar-refractivity contribution in [1.29, 1.82) is 0 Å². The maximum atomic E-state index is 5.53. The molecule has 1 fully saturated rings. The number of ether oxygens (including phenoxy) is 2. The molecular weight excluding hydrogens is 254 g/mol. The van der Waals surface area contributed by atoms with Gasteiger partial charge in [-0.1, -0.05) is 0 Å². The molecule has 2 aliphatic heterocycles. The van der Waals surface area contributed by atoms with Crippen LogP contribution in [0.15, 0.2) is 12.3 Å². The molecule has 1 aromatic rings. The molecule has 6 heteroatoms. The second-order valence-electron chi connectivity index (χ2n) is 4.39. The molecule has 18 heavy (non-hydrogen) atoms. The zero-order chi connectivity index (χ0) is 11.5. The lowest BCUT2D eigenvalue weighted by atomic mass is 10.2. The molecule has 5 nitrogen and oxygen atoms in total. The summed E-state index contributed by atoms with van der Waals surface area (Å²) in [5, 5.41) is 6.81. The highest BCUT2D eigenvalue weighted by Crippen LogP contribution is 2.29. The van der Waals surface area contributed by atoms with Gasteiger partial charge >= 0.3 is 0 Å². The molecule has 0 spiro atoms. The topological polar surface area (TPSA) is 55.4 Å². The minimum atomic E-state index is 0. The summed E-state index contributed by atoms with van der Waals surface area (Å²) in [6.07, 6.45) is 2.93. The van der Waals surface area contributed by atoms with Gasteiger partial charge in [-0.05, 0) is 13.0 Å². The lowest BCUT2D eigenvalue weighted by Gasteiger charge is -2.18. The SMILES string of the molecule is Cl.c1nc(CNC2CCNC2)cc2c1OCCO2. The van der Waals surface area contributed by atoms with Crippen LogP contribution in [0.4, 0.5) is 0 Å². The molecule has 1 atom stereocenters. The van der Waals surface area contributed by atoms with E-state index in [9.17, 15) is 0 Å². The van der Waals surface area contributed by atoms with Gasteiger partial charge in [-0.3, -0.25) is 4.98 Å². The van der Waals surface area contributed by atoms with Crippen LogP contribution in [0.2, 0.25) is 0 Å². The molecule has 1 aromatic heterocycles. The molecular formula is C12H18ClN3O2. The second kappa shape index (κ2) is 6.22. The van der Waals surface area contributed by atoms with Crippen molar-refractivity contribution in [3.05, 3.63) is 18.0 Å². The predicted molar refractivity (Wildman–Crippen MR) is 70.6 cm³/mol. The largest absolute Gasteiger partial charge is 0.486 e. The van der Waals surface area contributed by atoms with Crippen molar-refractivity contribution < 1.29 is 9.47 Å². The Balaban J connectivity index is 0.00000120. The van der Waals surface area contributed by atoms with Gasteiger partial charge in [0.15, 0.2) is 11.5 Å². The second-order valence-corrected chi connectivity index (χ2v) is 4.39. The standard InChI is InChI=1S/C12H17N3O2.ClH/c1-2-13-6-9(1)14-7-10-5-11-12(8-15-10)17-4-3-16-11;/h5,8-9,13-14H,1-4,6-7H2;1H. The van der Waals surface area contributed by atoms with E-state index in [4.69, 9.17) is 9.47 Å². The summed E-state index contributed by atoms with van der Waals surface area (Å²) in [7, 11) is 0. The molecule has 0 saturated carbocycles. The van der Waals surface area contributed by atoms with Gasteiger partial charge in [0.25, 0.3) is 0 Å². The van der Waals surface area contributed by atoms with Crippen LogP contribution in [0.25, 0.3) is 0 Å². The van der Waals surface area contributed by atoms with Crippen molar-refractivity contribution in [2.75, 3.05) is 26.3 Å². The zero-order valence-electron chi connectivity index (χ0n) is 10.1. The minimum Gasteiger partial charge on any atom is -0.486 e. The quantitative estimate of drug-likeness (QED) is 0.849. The van der Waals surface area contributed by atoms with E-state index in [0.717, 1.165) is 36.8 Å². The van der Waals surface area contributed by atoms with Crippen molar-refractivity contribution in [3.63, 3.8) is 0 Å². The Labute approximate surface area is 113 Å². The van der Waals surface area contributed by atoms with Gasteiger partial charge in [-0.15, -0.1) is 12.4 Å². The summed E-state index contributed by atoms with van der Waals surface area (Å²) in [6.45, 7) is 4.16. The van der Waals surface area contributed by atoms with Gasteiger partial charge in [0, 0.05) is 25.2 Å². The van der Waals surface area contributed by atoms with E-state index in [-0.39, 0.29) is 12.4 Å². The van der Waals surface area contributed by atoms with Crippen molar-refractivity contribution >= 4 is 12.4 Å². The van der Waals surface area contributed by atoms with Crippen LogP contribution in [0, 0.1) is 0 Å². The fraction of sp³-hybridized carbons (Fsp3) is 0.583. The van der Waals surface area contributed by atoms with Crippen LogP contribution >= 0.6 is 12.4 Å². The number of nitrogens with zero attached hydrogens (tertiary/aromatic N) is 1. The lowest BCUT2D eigenvalue weighted by Crippen LogP contribution is -2.30. The molecule has 100 valence electrons. The van der Waals surface area contributed by atoms with E-state index >= 15 is 0 Å². The number of fused-ring (bicyclic) bond motifs is 1. The Hall–Kier alpha value is -1.04. The highest BCUT2D eigenvalue weighted by Gasteiger charge is 2.15. The third-order valence-electron chi connectivity index (χ3n) is 3.12. The molecule has 0 aromatic carbocycles. The van der Waals surface area contributed by atoms with Crippen molar-refractivity contribution in [1.82, 2.24) is 15.6 Å². The summed E-state index contributed by atoms with van der Waals surface area (Å²) in [4.78, 5) is 4.37. The molecule has 0 bridgehead atoms. The molecule has 2 N–H and O–H groups in total. The number of halogens is 1. The average Bonchev–Trinajstić information content (AvgIpc) is 2.89. The van der Waals surface area contributed by atoms with Crippen LogP contribution in [-0.2, 0) is 6.54 Å². The van der Waals surface area contributed by atoms with E-state index in [1.165, 1.54) is 6.42 Å². The number of pyridine rings is 1. The van der Waals surface area contributed by atoms with Crippen LogP contribution in [0.1, 0.15) is 12.1 Å². The van der Waals surface area contributed by atoms with Crippen LogP contribution in [0.5, 0.6) is 11.5 Å². The molecule has 0 aliphatic carbocycles. The van der Waals surface area contributed by atoms with E-state index in [2.05, 4.69) is 15.6 Å². The van der Waals surface area contributed by atoms with Crippen LogP contribution in [-0.4, -0.2) is 37.3 Å². The van der Waals surface area contributed by atoms with Gasteiger partial charge in [-0.2, -0.15) is 0 Å². The van der Waals surface area contributed by atoms with E-state index < -0.39 is 0 Å². The number of nitrogens with one attached hydrogen (secondary N) is 2. The fourth-order valence-corrected chi connectivity index (χ4v) is 2.16. The van der Waals surface area contributed by atoms with E-state index in [1.807, 2.05) is 6.07 Å². The molecule has 1 unspecified atom stereocenters. The third kappa shape index (κ3) is 3.04. The Bertz CT molecular complexity index is 397. The molecule has 0 amide bonds. The number of hydrogen-bond acceptors (Lipinski definition) is 5. The summed E-state index contributed by atoms with van der Waals surface area (Å²) in [5.74, 6) is 1.56.